The molecule has 1 N–H and O–H groups in total. The standard InChI is InChI=1S/C27H24FN7O3/c1-34-14-18(13-32-34)17-11-22-25(23(12-17)38-15-24(36)35-7-9-37-10-8-35)27(31-16-30-22)33-21-5-4-20-19(26(21)28)3-2-6-29-20/h2-6,11-14,16H,7-10,15H2,1H3,(H,30,31,33). The van der Waals surface area contributed by atoms with Gasteiger partial charge < -0.3 is 19.7 Å². The maximum atomic E-state index is 15.4. The lowest BCUT2D eigenvalue weighted by Crippen LogP contribution is -2.43. The zero-order valence-corrected chi connectivity index (χ0v) is 20.6. The van der Waals surface area contributed by atoms with Gasteiger partial charge in [0.05, 0.1) is 41.5 Å². The second kappa shape index (κ2) is 10.0. The van der Waals surface area contributed by atoms with Gasteiger partial charge in [-0.25, -0.2) is 14.4 Å². The lowest BCUT2D eigenvalue weighted by atomic mass is 10.1. The summed E-state index contributed by atoms with van der Waals surface area (Å²) in [6, 6.07) is 10.4. The summed E-state index contributed by atoms with van der Waals surface area (Å²) in [7, 11) is 1.83. The van der Waals surface area contributed by atoms with Crippen LogP contribution in [0.5, 0.6) is 5.75 Å². The van der Waals surface area contributed by atoms with Crippen LogP contribution >= 0.6 is 0 Å². The highest BCUT2D eigenvalue weighted by molar-refractivity contribution is 5.99. The molecule has 5 aromatic rings. The molecule has 0 radical (unpaired) electrons. The van der Waals surface area contributed by atoms with Crippen LogP contribution in [0.3, 0.4) is 0 Å². The van der Waals surface area contributed by atoms with Crippen LogP contribution in [-0.4, -0.2) is 68.4 Å². The molecule has 1 saturated heterocycles. The summed E-state index contributed by atoms with van der Waals surface area (Å²) < 4.78 is 28.5. The van der Waals surface area contributed by atoms with E-state index in [1.807, 2.05) is 25.4 Å². The molecule has 1 aliphatic rings. The number of benzene rings is 2. The van der Waals surface area contributed by atoms with Gasteiger partial charge in [0.1, 0.15) is 17.9 Å². The number of pyridine rings is 1. The smallest absolute Gasteiger partial charge is 0.260 e. The minimum atomic E-state index is -0.445. The molecule has 0 saturated carbocycles. The van der Waals surface area contributed by atoms with Crippen molar-refractivity contribution in [1.82, 2.24) is 29.6 Å². The molecule has 0 bridgehead atoms. The summed E-state index contributed by atoms with van der Waals surface area (Å²) in [6.45, 7) is 1.87. The van der Waals surface area contributed by atoms with E-state index in [9.17, 15) is 4.79 Å². The van der Waals surface area contributed by atoms with Crippen LogP contribution in [0, 0.1) is 5.82 Å². The van der Waals surface area contributed by atoms with Crippen molar-refractivity contribution in [2.75, 3.05) is 38.2 Å². The number of rotatable bonds is 6. The number of nitrogens with zero attached hydrogens (tertiary/aromatic N) is 6. The molecule has 6 rings (SSSR count). The van der Waals surface area contributed by atoms with E-state index in [4.69, 9.17) is 9.47 Å². The lowest BCUT2D eigenvalue weighted by Gasteiger charge is -2.26. The predicted octanol–water partition coefficient (Wildman–Crippen LogP) is 3.70. The first-order valence-electron chi connectivity index (χ1n) is 12.1. The minimum Gasteiger partial charge on any atom is -0.483 e. The van der Waals surface area contributed by atoms with Crippen LogP contribution in [0.1, 0.15) is 0 Å². The van der Waals surface area contributed by atoms with Crippen LogP contribution < -0.4 is 10.1 Å². The van der Waals surface area contributed by atoms with Crippen LogP contribution in [0.15, 0.2) is 61.3 Å². The number of morpholine rings is 1. The topological polar surface area (TPSA) is 107 Å². The molecule has 192 valence electrons. The van der Waals surface area contributed by atoms with Crippen molar-refractivity contribution >= 4 is 39.2 Å². The van der Waals surface area contributed by atoms with Crippen LogP contribution in [0.4, 0.5) is 15.9 Å². The average molecular weight is 514 g/mol. The molecule has 38 heavy (non-hydrogen) atoms. The fraction of sp³-hybridized carbons (Fsp3) is 0.222. The Kier molecular flexibility index (Phi) is 6.26. The van der Waals surface area contributed by atoms with E-state index < -0.39 is 5.82 Å². The number of nitrogens with one attached hydrogen (secondary N) is 1. The summed E-state index contributed by atoms with van der Waals surface area (Å²) in [5.74, 6) is 0.157. The molecule has 0 atom stereocenters. The highest BCUT2D eigenvalue weighted by atomic mass is 19.1. The van der Waals surface area contributed by atoms with E-state index >= 15 is 4.39 Å². The van der Waals surface area contributed by atoms with Gasteiger partial charge in [0.15, 0.2) is 12.4 Å². The Labute approximate surface area is 217 Å². The van der Waals surface area contributed by atoms with E-state index in [1.165, 1.54) is 6.33 Å². The van der Waals surface area contributed by atoms with Crippen molar-refractivity contribution in [1.29, 1.82) is 0 Å². The molecular weight excluding hydrogens is 489 g/mol. The summed E-state index contributed by atoms with van der Waals surface area (Å²) in [6.07, 6.45) is 6.64. The molecule has 4 heterocycles. The normalized spacial score (nSPS) is 13.7. The number of ether oxygens (including phenoxy) is 2. The van der Waals surface area contributed by atoms with Crippen molar-refractivity contribution in [2.24, 2.45) is 7.05 Å². The molecule has 11 heteroatoms. The summed E-state index contributed by atoms with van der Waals surface area (Å²) in [5.41, 5.74) is 3.03. The number of anilines is 2. The second-order valence-electron chi connectivity index (χ2n) is 8.90. The highest BCUT2D eigenvalue weighted by Crippen LogP contribution is 2.37. The quantitative estimate of drug-likeness (QED) is 0.366. The first kappa shape index (κ1) is 23.7. The van der Waals surface area contributed by atoms with Crippen molar-refractivity contribution in [3.63, 3.8) is 0 Å². The number of hydrogen-bond donors (Lipinski definition) is 1. The molecule has 0 unspecified atom stereocenters. The van der Waals surface area contributed by atoms with Crippen LogP contribution in [-0.2, 0) is 16.6 Å². The largest absolute Gasteiger partial charge is 0.483 e. The Bertz CT molecular complexity index is 1650. The third-order valence-corrected chi connectivity index (χ3v) is 6.43. The Morgan fingerprint density at radius 3 is 2.79 bits per heavy atom. The van der Waals surface area contributed by atoms with Gasteiger partial charge in [0.2, 0.25) is 0 Å². The van der Waals surface area contributed by atoms with Gasteiger partial charge in [-0.1, -0.05) is 0 Å². The molecule has 1 amide bonds. The summed E-state index contributed by atoms with van der Waals surface area (Å²) in [5, 5.41) is 8.28. The maximum absolute atomic E-state index is 15.4. The van der Waals surface area contributed by atoms with Crippen molar-refractivity contribution in [3.05, 3.63) is 67.1 Å². The Hall–Kier alpha value is -4.64. The number of carbonyl (C=O) groups excluding carboxylic acids is 1. The number of halogens is 1. The molecule has 0 spiro atoms. The third kappa shape index (κ3) is 4.59. The van der Waals surface area contributed by atoms with Gasteiger partial charge in [-0.3, -0.25) is 14.5 Å². The number of hydrogen-bond acceptors (Lipinski definition) is 8. The van der Waals surface area contributed by atoms with E-state index in [-0.39, 0.29) is 18.2 Å². The number of fused-ring (bicyclic) bond motifs is 2. The van der Waals surface area contributed by atoms with Crippen molar-refractivity contribution in [2.45, 2.75) is 0 Å². The zero-order valence-electron chi connectivity index (χ0n) is 20.6. The number of amides is 1. The molecule has 10 nitrogen and oxygen atoms in total. The predicted molar refractivity (Wildman–Crippen MR) is 140 cm³/mol. The monoisotopic (exact) mass is 513 g/mol. The third-order valence-electron chi connectivity index (χ3n) is 6.43. The van der Waals surface area contributed by atoms with Gasteiger partial charge in [0, 0.05) is 43.5 Å². The number of aromatic nitrogens is 5. The second-order valence-corrected chi connectivity index (χ2v) is 8.90. The van der Waals surface area contributed by atoms with Gasteiger partial charge in [0.25, 0.3) is 5.91 Å². The number of carbonyl (C=O) groups is 1. The van der Waals surface area contributed by atoms with E-state index in [0.717, 1.165) is 11.1 Å². The first-order valence-corrected chi connectivity index (χ1v) is 12.1. The maximum Gasteiger partial charge on any atom is 0.260 e. The minimum absolute atomic E-state index is 0.146. The van der Waals surface area contributed by atoms with Gasteiger partial charge in [-0.05, 0) is 42.0 Å². The van der Waals surface area contributed by atoms with E-state index in [0.29, 0.717) is 59.7 Å². The highest BCUT2D eigenvalue weighted by Gasteiger charge is 2.20. The first-order chi connectivity index (χ1) is 18.6. The molecule has 0 aliphatic carbocycles. The summed E-state index contributed by atoms with van der Waals surface area (Å²) >= 11 is 0. The fourth-order valence-corrected chi connectivity index (χ4v) is 4.48. The lowest BCUT2D eigenvalue weighted by molar-refractivity contribution is -0.137. The molecular formula is C27H24FN7O3. The molecule has 2 aromatic carbocycles. The van der Waals surface area contributed by atoms with Gasteiger partial charge >= 0.3 is 0 Å². The van der Waals surface area contributed by atoms with Crippen molar-refractivity contribution < 1.29 is 18.7 Å². The SMILES string of the molecule is Cn1cc(-c2cc(OCC(=O)N3CCOCC3)c3c(Nc4ccc5ncccc5c4F)ncnc3c2)cn1. The van der Waals surface area contributed by atoms with Crippen LogP contribution in [0.2, 0.25) is 0 Å². The Morgan fingerprint density at radius 2 is 1.97 bits per heavy atom. The molecule has 3 aromatic heterocycles. The van der Waals surface area contributed by atoms with Gasteiger partial charge in [-0.15, -0.1) is 0 Å². The molecule has 1 aliphatic heterocycles. The van der Waals surface area contributed by atoms with Gasteiger partial charge in [-0.2, -0.15) is 5.10 Å². The van der Waals surface area contributed by atoms with E-state index in [2.05, 4.69) is 25.4 Å². The Morgan fingerprint density at radius 1 is 1.11 bits per heavy atom. The zero-order chi connectivity index (χ0) is 26.1. The molecule has 1 fully saturated rings. The van der Waals surface area contributed by atoms with E-state index in [1.54, 1.807) is 46.2 Å². The fourth-order valence-electron chi connectivity index (χ4n) is 4.48. The summed E-state index contributed by atoms with van der Waals surface area (Å²) in [4.78, 5) is 27.6. The van der Waals surface area contributed by atoms with Crippen LogP contribution in [0.25, 0.3) is 32.9 Å². The van der Waals surface area contributed by atoms with Crippen molar-refractivity contribution in [3.8, 4) is 16.9 Å². The number of aryl methyl sites for hydroxylation is 1. The Balaban J connectivity index is 1.41. The average Bonchev–Trinajstić information content (AvgIpc) is 3.40.